The van der Waals surface area contributed by atoms with Crippen molar-refractivity contribution in [3.63, 3.8) is 0 Å². The highest BCUT2D eigenvalue weighted by atomic mass is 35.5. The number of rotatable bonds is 7. The first-order valence-corrected chi connectivity index (χ1v) is 10.1. The maximum Gasteiger partial charge on any atom is 0.271 e. The number of halogens is 1. The molecule has 0 spiro atoms. The van der Waals surface area contributed by atoms with Gasteiger partial charge in [-0.15, -0.1) is 0 Å². The summed E-state index contributed by atoms with van der Waals surface area (Å²) < 4.78 is 16.4. The van der Waals surface area contributed by atoms with Crippen LogP contribution in [0, 0.1) is 11.8 Å². The van der Waals surface area contributed by atoms with E-state index in [9.17, 15) is 9.90 Å². The predicted octanol–water partition coefficient (Wildman–Crippen LogP) is 4.26. The van der Waals surface area contributed by atoms with Gasteiger partial charge in [-0.05, 0) is 48.0 Å². The number of carbonyl (C=O) groups is 1. The van der Waals surface area contributed by atoms with Crippen LogP contribution < -0.4 is 19.6 Å². The molecule has 0 heterocycles. The molecule has 3 aromatic rings. The molecular formula is C25H21ClN2O5. The summed E-state index contributed by atoms with van der Waals surface area (Å²) in [5.74, 6) is 7.05. The van der Waals surface area contributed by atoms with Crippen LogP contribution in [0.15, 0.2) is 65.8 Å². The number of amides is 1. The molecule has 7 nitrogen and oxygen atoms in total. The van der Waals surface area contributed by atoms with Crippen molar-refractivity contribution >= 4 is 23.7 Å². The Bertz CT molecular complexity index is 1220. The lowest BCUT2D eigenvalue weighted by Crippen LogP contribution is -2.17. The van der Waals surface area contributed by atoms with Crippen LogP contribution in [0.3, 0.4) is 0 Å². The van der Waals surface area contributed by atoms with E-state index in [0.717, 1.165) is 5.75 Å². The third-order valence-corrected chi connectivity index (χ3v) is 4.67. The van der Waals surface area contributed by atoms with Gasteiger partial charge in [-0.25, -0.2) is 5.43 Å². The van der Waals surface area contributed by atoms with Crippen molar-refractivity contribution < 1.29 is 24.1 Å². The van der Waals surface area contributed by atoms with E-state index in [0.29, 0.717) is 22.6 Å². The van der Waals surface area contributed by atoms with Crippen molar-refractivity contribution in [1.82, 2.24) is 5.43 Å². The smallest absolute Gasteiger partial charge is 0.271 e. The van der Waals surface area contributed by atoms with Crippen molar-refractivity contribution in [2.45, 2.75) is 0 Å². The summed E-state index contributed by atoms with van der Waals surface area (Å²) in [5.41, 5.74) is 3.87. The van der Waals surface area contributed by atoms with Gasteiger partial charge in [0.05, 0.1) is 31.0 Å². The largest absolute Gasteiger partial charge is 0.506 e. The van der Waals surface area contributed by atoms with Crippen molar-refractivity contribution in [2.24, 2.45) is 5.10 Å². The molecule has 0 aliphatic carbocycles. The predicted molar refractivity (Wildman–Crippen MR) is 127 cm³/mol. The number of aromatic hydroxyl groups is 1. The zero-order chi connectivity index (χ0) is 23.6. The number of hydrogen-bond acceptors (Lipinski definition) is 6. The van der Waals surface area contributed by atoms with Crippen LogP contribution in [0.5, 0.6) is 23.0 Å². The number of para-hydroxylation sites is 1. The summed E-state index contributed by atoms with van der Waals surface area (Å²) in [5, 5.41) is 13.5. The summed E-state index contributed by atoms with van der Waals surface area (Å²) in [7, 11) is 3.05. The number of phenolic OH excluding ortho intramolecular Hbond substituents is 1. The highest BCUT2D eigenvalue weighted by molar-refractivity contribution is 6.32. The number of hydrazone groups is 1. The van der Waals surface area contributed by atoms with E-state index < -0.39 is 5.91 Å². The first-order valence-electron chi connectivity index (χ1n) is 9.76. The monoisotopic (exact) mass is 464 g/mol. The molecule has 1 amide bonds. The minimum atomic E-state index is -0.480. The maximum absolute atomic E-state index is 12.2. The molecule has 8 heteroatoms. The molecule has 168 valence electrons. The number of nitrogens with zero attached hydrogens (tertiary/aromatic N) is 1. The Hall–Kier alpha value is -4.15. The summed E-state index contributed by atoms with van der Waals surface area (Å²) in [6.45, 7) is 0.193. The molecule has 0 atom stereocenters. The average molecular weight is 465 g/mol. The lowest BCUT2D eigenvalue weighted by molar-refractivity contribution is 0.0955. The zero-order valence-corrected chi connectivity index (χ0v) is 18.7. The van der Waals surface area contributed by atoms with Gasteiger partial charge in [0.2, 0.25) is 0 Å². The van der Waals surface area contributed by atoms with Crippen LogP contribution in [0.4, 0.5) is 0 Å². The molecule has 0 unspecified atom stereocenters. The maximum atomic E-state index is 12.2. The molecule has 33 heavy (non-hydrogen) atoms. The van der Waals surface area contributed by atoms with E-state index >= 15 is 0 Å². The van der Waals surface area contributed by atoms with Crippen molar-refractivity contribution in [2.75, 3.05) is 20.8 Å². The zero-order valence-electron chi connectivity index (χ0n) is 18.0. The van der Waals surface area contributed by atoms with Crippen LogP contribution in [0.25, 0.3) is 0 Å². The normalized spacial score (nSPS) is 10.3. The van der Waals surface area contributed by atoms with E-state index in [4.69, 9.17) is 25.8 Å². The van der Waals surface area contributed by atoms with Crippen LogP contribution in [-0.2, 0) is 0 Å². The molecule has 0 bridgehead atoms. The molecule has 0 aliphatic rings. The van der Waals surface area contributed by atoms with Crippen molar-refractivity contribution in [3.8, 4) is 34.8 Å². The van der Waals surface area contributed by atoms with Crippen LogP contribution in [0.2, 0.25) is 5.02 Å². The Morgan fingerprint density at radius 2 is 1.91 bits per heavy atom. The molecule has 0 aromatic heterocycles. The first-order chi connectivity index (χ1) is 16.0. The average Bonchev–Trinajstić information content (AvgIpc) is 2.83. The molecule has 0 saturated heterocycles. The Morgan fingerprint density at radius 3 is 2.61 bits per heavy atom. The molecular weight excluding hydrogens is 444 g/mol. The van der Waals surface area contributed by atoms with Gasteiger partial charge in [-0.1, -0.05) is 41.6 Å². The number of hydrogen-bond donors (Lipinski definition) is 2. The molecule has 0 saturated carbocycles. The summed E-state index contributed by atoms with van der Waals surface area (Å²) in [4.78, 5) is 12.2. The fraction of sp³-hybridized carbons (Fsp3) is 0.120. The molecule has 0 aliphatic heterocycles. The van der Waals surface area contributed by atoms with E-state index in [1.165, 1.54) is 38.6 Å². The third-order valence-electron chi connectivity index (χ3n) is 4.37. The molecule has 2 N–H and O–H groups in total. The Kier molecular flexibility index (Phi) is 8.17. The van der Waals surface area contributed by atoms with Crippen LogP contribution in [0.1, 0.15) is 21.5 Å². The second kappa shape index (κ2) is 11.5. The van der Waals surface area contributed by atoms with Gasteiger partial charge in [-0.3, -0.25) is 4.79 Å². The molecule has 3 rings (SSSR count). The second-order valence-corrected chi connectivity index (χ2v) is 6.98. The number of nitrogens with one attached hydrogen (secondary N) is 1. The Labute approximate surface area is 196 Å². The van der Waals surface area contributed by atoms with Gasteiger partial charge in [0.25, 0.3) is 5.91 Å². The SMILES string of the molecule is COc1cc(C=NNC(=O)c2ccc(O)c(Cl)c2)cc(C#CCOc2ccccc2)c1OC. The fourth-order valence-electron chi connectivity index (χ4n) is 2.80. The van der Waals surface area contributed by atoms with Crippen molar-refractivity contribution in [3.05, 3.63) is 82.4 Å². The number of benzene rings is 3. The summed E-state index contributed by atoms with van der Waals surface area (Å²) in [6, 6.07) is 17.0. The highest BCUT2D eigenvalue weighted by Gasteiger charge is 2.11. The van der Waals surface area contributed by atoms with Gasteiger partial charge in [0.1, 0.15) is 18.1 Å². The lowest BCUT2D eigenvalue weighted by atomic mass is 10.1. The van der Waals surface area contributed by atoms with E-state index in [2.05, 4.69) is 22.4 Å². The minimum Gasteiger partial charge on any atom is -0.506 e. The van der Waals surface area contributed by atoms with Crippen LogP contribution in [-0.4, -0.2) is 38.1 Å². The second-order valence-electron chi connectivity index (χ2n) is 6.57. The third kappa shape index (κ3) is 6.42. The molecule has 3 aromatic carbocycles. The minimum absolute atomic E-state index is 0.0750. The Morgan fingerprint density at radius 1 is 1.12 bits per heavy atom. The molecule has 0 radical (unpaired) electrons. The molecule has 0 fully saturated rings. The number of ether oxygens (including phenoxy) is 3. The quantitative estimate of drug-likeness (QED) is 0.310. The standard InChI is InChI=1S/C25H21ClN2O5/c1-31-23-14-17(16-27-28-25(30)19-10-11-22(29)21(26)15-19)13-18(24(23)32-2)7-6-12-33-20-8-4-3-5-9-20/h3-5,8-11,13-16,29H,12H2,1-2H3,(H,28,30). The summed E-state index contributed by atoms with van der Waals surface area (Å²) >= 11 is 5.84. The van der Waals surface area contributed by atoms with E-state index in [1.54, 1.807) is 12.1 Å². The Balaban J connectivity index is 1.74. The fourth-order valence-corrected chi connectivity index (χ4v) is 2.98. The number of phenols is 1. The first kappa shape index (κ1) is 23.5. The highest BCUT2D eigenvalue weighted by Crippen LogP contribution is 2.31. The van der Waals surface area contributed by atoms with Gasteiger partial charge in [0, 0.05) is 5.56 Å². The number of methoxy groups -OCH3 is 2. The van der Waals surface area contributed by atoms with Gasteiger partial charge >= 0.3 is 0 Å². The summed E-state index contributed by atoms with van der Waals surface area (Å²) in [6.07, 6.45) is 1.45. The van der Waals surface area contributed by atoms with E-state index in [-0.39, 0.29) is 22.9 Å². The van der Waals surface area contributed by atoms with Crippen LogP contribution >= 0.6 is 11.6 Å². The topological polar surface area (TPSA) is 89.4 Å². The van der Waals surface area contributed by atoms with Gasteiger partial charge in [0.15, 0.2) is 11.5 Å². The van der Waals surface area contributed by atoms with E-state index in [1.807, 2.05) is 30.3 Å². The van der Waals surface area contributed by atoms with Gasteiger partial charge in [-0.2, -0.15) is 5.10 Å². The van der Waals surface area contributed by atoms with Crippen molar-refractivity contribution in [1.29, 1.82) is 0 Å². The lowest BCUT2D eigenvalue weighted by Gasteiger charge is -2.10. The number of carbonyl (C=O) groups excluding carboxylic acids is 1. The van der Waals surface area contributed by atoms with Gasteiger partial charge < -0.3 is 19.3 Å².